The molecule has 0 aliphatic heterocycles. The number of aryl methyl sites for hydroxylation is 1. The highest BCUT2D eigenvalue weighted by atomic mass is 32.2. The molecule has 2 rings (SSSR count). The maximum atomic E-state index is 12.2. The highest BCUT2D eigenvalue weighted by molar-refractivity contribution is 7.98. The summed E-state index contributed by atoms with van der Waals surface area (Å²) in [6.45, 7) is 1.20. The molecule has 2 aromatic carbocycles. The Morgan fingerprint density at radius 3 is 2.50 bits per heavy atom. The quantitative estimate of drug-likeness (QED) is 0.600. The Labute approximate surface area is 156 Å². The number of anilines is 1. The molecule has 8 heteroatoms. The van der Waals surface area contributed by atoms with Crippen LogP contribution in [-0.4, -0.2) is 39.4 Å². The number of sulfone groups is 1. The van der Waals surface area contributed by atoms with Crippen molar-refractivity contribution in [1.29, 1.82) is 0 Å². The first kappa shape index (κ1) is 20.0. The standard InChI is InChI=1S/C18H19NO5S2/c1-12-8-9-13(26(3,22)23)10-14(12)18(21)24-11-17(20)19-15-6-4-5-7-16(15)25-2/h4-10H,11H2,1-3H3,(H,19,20). The van der Waals surface area contributed by atoms with Crippen LogP contribution in [0, 0.1) is 6.92 Å². The maximum Gasteiger partial charge on any atom is 0.338 e. The van der Waals surface area contributed by atoms with Crippen LogP contribution in [0.2, 0.25) is 0 Å². The summed E-state index contributed by atoms with van der Waals surface area (Å²) in [5.74, 6) is -1.22. The minimum absolute atomic E-state index is 0.0217. The number of hydrogen-bond donors (Lipinski definition) is 1. The van der Waals surface area contributed by atoms with Crippen molar-refractivity contribution in [2.24, 2.45) is 0 Å². The monoisotopic (exact) mass is 393 g/mol. The van der Waals surface area contributed by atoms with Crippen LogP contribution in [0.1, 0.15) is 15.9 Å². The lowest BCUT2D eigenvalue weighted by atomic mass is 10.1. The van der Waals surface area contributed by atoms with E-state index in [2.05, 4.69) is 5.32 Å². The maximum absolute atomic E-state index is 12.2. The second-order valence-corrected chi connectivity index (χ2v) is 8.44. The number of thioether (sulfide) groups is 1. The fourth-order valence-electron chi connectivity index (χ4n) is 2.19. The van der Waals surface area contributed by atoms with E-state index in [1.54, 1.807) is 19.1 Å². The molecule has 0 aliphatic rings. The van der Waals surface area contributed by atoms with E-state index in [4.69, 9.17) is 4.74 Å². The lowest BCUT2D eigenvalue weighted by Gasteiger charge is -2.11. The van der Waals surface area contributed by atoms with Gasteiger partial charge in [-0.2, -0.15) is 0 Å². The smallest absolute Gasteiger partial charge is 0.338 e. The van der Waals surface area contributed by atoms with Crippen LogP contribution < -0.4 is 5.32 Å². The van der Waals surface area contributed by atoms with E-state index in [9.17, 15) is 18.0 Å². The average Bonchev–Trinajstić information content (AvgIpc) is 2.59. The summed E-state index contributed by atoms with van der Waals surface area (Å²) in [5.41, 5.74) is 1.32. The van der Waals surface area contributed by atoms with Crippen molar-refractivity contribution in [3.8, 4) is 0 Å². The first-order valence-electron chi connectivity index (χ1n) is 7.63. The van der Waals surface area contributed by atoms with Gasteiger partial charge in [0.25, 0.3) is 5.91 Å². The zero-order valence-corrected chi connectivity index (χ0v) is 16.2. The third-order valence-electron chi connectivity index (χ3n) is 3.57. The van der Waals surface area contributed by atoms with Crippen LogP contribution in [0.3, 0.4) is 0 Å². The molecule has 138 valence electrons. The minimum Gasteiger partial charge on any atom is -0.452 e. The van der Waals surface area contributed by atoms with Crippen molar-refractivity contribution >= 4 is 39.2 Å². The summed E-state index contributed by atoms with van der Waals surface area (Å²) < 4.78 is 28.3. The van der Waals surface area contributed by atoms with Gasteiger partial charge in [-0.3, -0.25) is 4.79 Å². The predicted octanol–water partition coefficient (Wildman–Crippen LogP) is 2.92. The zero-order valence-electron chi connectivity index (χ0n) is 14.6. The Balaban J connectivity index is 2.06. The summed E-state index contributed by atoms with van der Waals surface area (Å²) in [5, 5.41) is 2.69. The summed E-state index contributed by atoms with van der Waals surface area (Å²) in [6, 6.07) is 11.5. The molecular formula is C18H19NO5S2. The molecule has 0 atom stereocenters. The number of rotatable bonds is 6. The zero-order chi connectivity index (χ0) is 19.3. The normalized spacial score (nSPS) is 11.0. The molecule has 0 bridgehead atoms. The molecule has 1 amide bonds. The van der Waals surface area contributed by atoms with Crippen molar-refractivity contribution in [3.63, 3.8) is 0 Å². The Morgan fingerprint density at radius 2 is 1.85 bits per heavy atom. The average molecular weight is 393 g/mol. The van der Waals surface area contributed by atoms with Gasteiger partial charge < -0.3 is 10.1 Å². The van der Waals surface area contributed by atoms with Crippen molar-refractivity contribution in [3.05, 3.63) is 53.6 Å². The number of para-hydroxylation sites is 1. The number of amides is 1. The summed E-state index contributed by atoms with van der Waals surface area (Å²) in [4.78, 5) is 25.2. The molecule has 0 unspecified atom stereocenters. The Hall–Kier alpha value is -2.32. The molecule has 0 fully saturated rings. The molecule has 26 heavy (non-hydrogen) atoms. The van der Waals surface area contributed by atoms with E-state index in [1.807, 2.05) is 18.4 Å². The Kier molecular flexibility index (Phi) is 6.44. The molecule has 0 saturated heterocycles. The van der Waals surface area contributed by atoms with Gasteiger partial charge in [0.2, 0.25) is 0 Å². The van der Waals surface area contributed by atoms with Crippen molar-refractivity contribution in [2.45, 2.75) is 16.7 Å². The number of nitrogens with one attached hydrogen (secondary N) is 1. The minimum atomic E-state index is -3.44. The second-order valence-electron chi connectivity index (χ2n) is 5.57. The molecular weight excluding hydrogens is 374 g/mol. The first-order chi connectivity index (χ1) is 12.2. The fraction of sp³-hybridized carbons (Fsp3) is 0.222. The lowest BCUT2D eigenvalue weighted by molar-refractivity contribution is -0.119. The van der Waals surface area contributed by atoms with E-state index in [0.29, 0.717) is 11.3 Å². The van der Waals surface area contributed by atoms with Crippen LogP contribution in [0.4, 0.5) is 5.69 Å². The molecule has 0 spiro atoms. The fourth-order valence-corrected chi connectivity index (χ4v) is 3.40. The van der Waals surface area contributed by atoms with Gasteiger partial charge >= 0.3 is 5.97 Å². The number of hydrogen-bond acceptors (Lipinski definition) is 6. The molecule has 0 heterocycles. The van der Waals surface area contributed by atoms with Gasteiger partial charge in [-0.1, -0.05) is 18.2 Å². The summed E-state index contributed by atoms with van der Waals surface area (Å²) in [7, 11) is -3.44. The Morgan fingerprint density at radius 1 is 1.15 bits per heavy atom. The van der Waals surface area contributed by atoms with Crippen LogP contribution in [0.25, 0.3) is 0 Å². The molecule has 0 radical (unpaired) electrons. The van der Waals surface area contributed by atoms with Crippen LogP contribution in [-0.2, 0) is 19.4 Å². The van der Waals surface area contributed by atoms with E-state index < -0.39 is 28.3 Å². The highest BCUT2D eigenvalue weighted by Crippen LogP contribution is 2.24. The predicted molar refractivity (Wildman–Crippen MR) is 101 cm³/mol. The highest BCUT2D eigenvalue weighted by Gasteiger charge is 2.17. The van der Waals surface area contributed by atoms with Crippen molar-refractivity contribution in [2.75, 3.05) is 24.4 Å². The van der Waals surface area contributed by atoms with Gasteiger partial charge in [-0.25, -0.2) is 13.2 Å². The van der Waals surface area contributed by atoms with Crippen LogP contribution >= 0.6 is 11.8 Å². The number of esters is 1. The lowest BCUT2D eigenvalue weighted by Crippen LogP contribution is -2.21. The number of carbonyl (C=O) groups is 2. The molecule has 6 nitrogen and oxygen atoms in total. The van der Waals surface area contributed by atoms with E-state index in [0.717, 1.165) is 11.2 Å². The van der Waals surface area contributed by atoms with Gasteiger partial charge in [0.05, 0.1) is 16.1 Å². The molecule has 0 saturated carbocycles. The number of benzene rings is 2. The molecule has 2 aromatic rings. The number of carbonyl (C=O) groups excluding carboxylic acids is 2. The topological polar surface area (TPSA) is 89.5 Å². The summed E-state index contributed by atoms with van der Waals surface area (Å²) >= 11 is 1.49. The summed E-state index contributed by atoms with van der Waals surface area (Å²) in [6.07, 6.45) is 2.95. The van der Waals surface area contributed by atoms with Crippen molar-refractivity contribution < 1.29 is 22.7 Å². The third kappa shape index (κ3) is 5.09. The van der Waals surface area contributed by atoms with Gasteiger partial charge in [0, 0.05) is 11.2 Å². The number of ether oxygens (including phenoxy) is 1. The first-order valence-corrected chi connectivity index (χ1v) is 10.7. The third-order valence-corrected chi connectivity index (χ3v) is 5.48. The van der Waals surface area contributed by atoms with Gasteiger partial charge in [0.1, 0.15) is 0 Å². The largest absolute Gasteiger partial charge is 0.452 e. The van der Waals surface area contributed by atoms with E-state index in [-0.39, 0.29) is 10.5 Å². The molecule has 0 aromatic heterocycles. The van der Waals surface area contributed by atoms with Gasteiger partial charge in [-0.05, 0) is 43.0 Å². The second kappa shape index (κ2) is 8.37. The SMILES string of the molecule is CSc1ccccc1NC(=O)COC(=O)c1cc(S(C)(=O)=O)ccc1C. The van der Waals surface area contributed by atoms with Gasteiger partial charge in [-0.15, -0.1) is 11.8 Å². The van der Waals surface area contributed by atoms with Crippen LogP contribution in [0.15, 0.2) is 52.3 Å². The van der Waals surface area contributed by atoms with E-state index >= 15 is 0 Å². The Bertz CT molecular complexity index is 938. The van der Waals surface area contributed by atoms with Gasteiger partial charge in [0.15, 0.2) is 16.4 Å². The van der Waals surface area contributed by atoms with Crippen LogP contribution in [0.5, 0.6) is 0 Å². The van der Waals surface area contributed by atoms with Crippen molar-refractivity contribution in [1.82, 2.24) is 0 Å². The molecule has 0 aliphatic carbocycles. The molecule has 1 N–H and O–H groups in total. The van der Waals surface area contributed by atoms with E-state index in [1.165, 1.54) is 30.0 Å².